The van der Waals surface area contributed by atoms with Crippen LogP contribution in [-0.4, -0.2) is 36.4 Å². The fourth-order valence-electron chi connectivity index (χ4n) is 2.59. The highest BCUT2D eigenvalue weighted by molar-refractivity contribution is 9.10. The quantitative estimate of drug-likeness (QED) is 0.880. The minimum atomic E-state index is -3.67. The Balaban J connectivity index is 2.52. The molecule has 0 radical (unpaired) electrons. The second-order valence-corrected chi connectivity index (χ2v) is 8.09. The van der Waals surface area contributed by atoms with E-state index in [0.717, 1.165) is 19.3 Å². The molecule has 2 rings (SSSR count). The monoisotopic (exact) mass is 375 g/mol. The number of piperidine rings is 1. The minimum Gasteiger partial charge on any atom is -0.478 e. The van der Waals surface area contributed by atoms with Crippen LogP contribution in [0.1, 0.15) is 42.1 Å². The molecule has 1 N–H and O–H groups in total. The second-order valence-electron chi connectivity index (χ2n) is 5.34. The van der Waals surface area contributed by atoms with E-state index in [2.05, 4.69) is 15.9 Å². The molecule has 116 valence electrons. The van der Waals surface area contributed by atoms with Crippen LogP contribution < -0.4 is 0 Å². The van der Waals surface area contributed by atoms with Crippen molar-refractivity contribution in [1.82, 2.24) is 4.31 Å². The van der Waals surface area contributed by atoms with Gasteiger partial charge in [-0.2, -0.15) is 4.31 Å². The van der Waals surface area contributed by atoms with E-state index in [1.807, 2.05) is 6.92 Å². The van der Waals surface area contributed by atoms with Gasteiger partial charge in [-0.15, -0.1) is 0 Å². The number of nitrogens with zero attached hydrogens (tertiary/aromatic N) is 1. The molecule has 1 aliphatic rings. The normalized spacial score (nSPS) is 20.4. The SMILES string of the molecule is Cc1c(Br)cc(S(=O)(=O)N2CCCCC2C)cc1C(=O)O. The number of carbonyl (C=O) groups is 1. The Hall–Kier alpha value is -0.920. The molecule has 1 unspecified atom stereocenters. The number of rotatable bonds is 3. The Labute approximate surface area is 133 Å². The maximum Gasteiger partial charge on any atom is 0.336 e. The first-order valence-electron chi connectivity index (χ1n) is 6.80. The van der Waals surface area contributed by atoms with Crippen LogP contribution in [0.4, 0.5) is 0 Å². The molecule has 0 aromatic heterocycles. The van der Waals surface area contributed by atoms with Crippen molar-refractivity contribution in [3.8, 4) is 0 Å². The fourth-order valence-corrected chi connectivity index (χ4v) is 4.95. The van der Waals surface area contributed by atoms with E-state index in [9.17, 15) is 18.3 Å². The van der Waals surface area contributed by atoms with Crippen LogP contribution in [0.2, 0.25) is 0 Å². The Kier molecular flexibility index (Phi) is 4.75. The van der Waals surface area contributed by atoms with Crippen molar-refractivity contribution >= 4 is 31.9 Å². The molecule has 1 atom stereocenters. The summed E-state index contributed by atoms with van der Waals surface area (Å²) in [6, 6.07) is 2.68. The maximum absolute atomic E-state index is 12.7. The number of carboxylic acids is 1. The van der Waals surface area contributed by atoms with Crippen molar-refractivity contribution in [1.29, 1.82) is 0 Å². The summed E-state index contributed by atoms with van der Waals surface area (Å²) in [5.74, 6) is -1.13. The number of benzene rings is 1. The summed E-state index contributed by atoms with van der Waals surface area (Å²) < 4.78 is 27.5. The van der Waals surface area contributed by atoms with Gasteiger partial charge in [-0.1, -0.05) is 22.4 Å². The first-order chi connectivity index (χ1) is 9.75. The lowest BCUT2D eigenvalue weighted by atomic mass is 10.1. The molecule has 0 amide bonds. The van der Waals surface area contributed by atoms with Gasteiger partial charge in [-0.25, -0.2) is 13.2 Å². The van der Waals surface area contributed by atoms with Crippen molar-refractivity contribution in [2.45, 2.75) is 44.0 Å². The first kappa shape index (κ1) is 16.5. The topological polar surface area (TPSA) is 74.7 Å². The van der Waals surface area contributed by atoms with Crippen LogP contribution >= 0.6 is 15.9 Å². The largest absolute Gasteiger partial charge is 0.478 e. The highest BCUT2D eigenvalue weighted by Gasteiger charge is 2.32. The van der Waals surface area contributed by atoms with E-state index in [0.29, 0.717) is 16.6 Å². The molecule has 1 aromatic carbocycles. The molecular weight excluding hydrogens is 358 g/mol. The summed E-state index contributed by atoms with van der Waals surface area (Å²) in [5.41, 5.74) is 0.528. The average molecular weight is 376 g/mol. The first-order valence-corrected chi connectivity index (χ1v) is 9.03. The van der Waals surface area contributed by atoms with Crippen LogP contribution in [0.25, 0.3) is 0 Å². The van der Waals surface area contributed by atoms with Gasteiger partial charge in [-0.05, 0) is 44.4 Å². The van der Waals surface area contributed by atoms with Gasteiger partial charge in [0.25, 0.3) is 0 Å². The zero-order valence-electron chi connectivity index (χ0n) is 12.0. The lowest BCUT2D eigenvalue weighted by Crippen LogP contribution is -2.42. The van der Waals surface area contributed by atoms with E-state index in [1.54, 1.807) is 6.92 Å². The number of hydrogen-bond acceptors (Lipinski definition) is 3. The predicted octanol–water partition coefficient (Wildman–Crippen LogP) is 3.02. The summed E-state index contributed by atoms with van der Waals surface area (Å²) in [5, 5.41) is 9.21. The van der Waals surface area contributed by atoms with Crippen LogP contribution in [0.3, 0.4) is 0 Å². The molecule has 1 aromatic rings. The van der Waals surface area contributed by atoms with Crippen molar-refractivity contribution in [3.05, 3.63) is 27.7 Å². The summed E-state index contributed by atoms with van der Waals surface area (Å²) >= 11 is 3.25. The third-order valence-electron chi connectivity index (χ3n) is 3.90. The van der Waals surface area contributed by atoms with E-state index in [1.165, 1.54) is 16.4 Å². The summed E-state index contributed by atoms with van der Waals surface area (Å²) in [4.78, 5) is 11.3. The van der Waals surface area contributed by atoms with Gasteiger partial charge in [0.05, 0.1) is 10.5 Å². The van der Waals surface area contributed by atoms with E-state index < -0.39 is 16.0 Å². The van der Waals surface area contributed by atoms with Crippen LogP contribution in [-0.2, 0) is 10.0 Å². The zero-order chi connectivity index (χ0) is 15.8. The van der Waals surface area contributed by atoms with Gasteiger partial charge < -0.3 is 5.11 Å². The van der Waals surface area contributed by atoms with Gasteiger partial charge in [0.2, 0.25) is 10.0 Å². The molecule has 21 heavy (non-hydrogen) atoms. The van der Waals surface area contributed by atoms with Gasteiger partial charge in [-0.3, -0.25) is 0 Å². The van der Waals surface area contributed by atoms with Crippen molar-refractivity contribution < 1.29 is 18.3 Å². The number of carboxylic acid groups (broad SMARTS) is 1. The molecule has 5 nitrogen and oxygen atoms in total. The minimum absolute atomic E-state index is 0.00705. The van der Waals surface area contributed by atoms with Crippen molar-refractivity contribution in [2.24, 2.45) is 0 Å². The highest BCUT2D eigenvalue weighted by Crippen LogP contribution is 2.30. The van der Waals surface area contributed by atoms with E-state index >= 15 is 0 Å². The smallest absolute Gasteiger partial charge is 0.336 e. The molecule has 0 spiro atoms. The Morgan fingerprint density at radius 3 is 2.62 bits per heavy atom. The lowest BCUT2D eigenvalue weighted by molar-refractivity contribution is 0.0695. The third kappa shape index (κ3) is 3.14. The van der Waals surface area contributed by atoms with Crippen LogP contribution in [0, 0.1) is 6.92 Å². The molecule has 1 saturated heterocycles. The van der Waals surface area contributed by atoms with E-state index in [-0.39, 0.29) is 16.5 Å². The zero-order valence-corrected chi connectivity index (χ0v) is 14.4. The van der Waals surface area contributed by atoms with Crippen LogP contribution in [0.5, 0.6) is 0 Å². The maximum atomic E-state index is 12.7. The molecule has 0 aliphatic carbocycles. The van der Waals surface area contributed by atoms with Crippen molar-refractivity contribution in [2.75, 3.05) is 6.54 Å². The molecule has 1 aliphatic heterocycles. The predicted molar refractivity (Wildman–Crippen MR) is 83.0 cm³/mol. The summed E-state index contributed by atoms with van der Waals surface area (Å²) in [6.07, 6.45) is 2.69. The van der Waals surface area contributed by atoms with Crippen molar-refractivity contribution in [3.63, 3.8) is 0 Å². The Bertz CT molecular complexity index is 672. The summed E-state index contributed by atoms with van der Waals surface area (Å²) in [6.45, 7) is 4.02. The van der Waals surface area contributed by atoms with Crippen LogP contribution in [0.15, 0.2) is 21.5 Å². The third-order valence-corrected chi connectivity index (χ3v) is 6.71. The lowest BCUT2D eigenvalue weighted by Gasteiger charge is -2.32. The Morgan fingerprint density at radius 2 is 2.05 bits per heavy atom. The fraction of sp³-hybridized carbons (Fsp3) is 0.500. The molecule has 0 saturated carbocycles. The second kappa shape index (κ2) is 6.06. The highest BCUT2D eigenvalue weighted by atomic mass is 79.9. The number of hydrogen-bond donors (Lipinski definition) is 1. The standard InChI is InChI=1S/C14H18BrNO4S/c1-9-5-3-4-6-16(9)21(19,20)11-7-12(14(17)18)10(2)13(15)8-11/h7-9H,3-6H2,1-2H3,(H,17,18). The van der Waals surface area contributed by atoms with Gasteiger partial charge >= 0.3 is 5.97 Å². The Morgan fingerprint density at radius 1 is 1.38 bits per heavy atom. The average Bonchev–Trinajstić information content (AvgIpc) is 2.41. The molecular formula is C14H18BrNO4S. The van der Waals surface area contributed by atoms with Gasteiger partial charge in [0.1, 0.15) is 0 Å². The molecule has 1 fully saturated rings. The molecule has 1 heterocycles. The van der Waals surface area contributed by atoms with E-state index in [4.69, 9.17) is 0 Å². The molecule has 7 heteroatoms. The number of halogens is 1. The molecule has 0 bridgehead atoms. The number of sulfonamides is 1. The number of aromatic carboxylic acids is 1. The van der Waals surface area contributed by atoms with Gasteiger partial charge in [0.15, 0.2) is 0 Å². The van der Waals surface area contributed by atoms with Gasteiger partial charge in [0, 0.05) is 17.1 Å². The summed E-state index contributed by atoms with van der Waals surface area (Å²) in [7, 11) is -3.67.